The summed E-state index contributed by atoms with van der Waals surface area (Å²) in [7, 11) is 0. The molecule has 0 unspecified atom stereocenters. The van der Waals surface area contributed by atoms with Crippen LogP contribution in [-0.2, 0) is 25.7 Å². The predicted molar refractivity (Wildman–Crippen MR) is 106 cm³/mol. The molecule has 1 saturated heterocycles. The van der Waals surface area contributed by atoms with Crippen LogP contribution in [0.2, 0.25) is 0 Å². The highest BCUT2D eigenvalue weighted by atomic mass is 32.5. The van der Waals surface area contributed by atoms with Crippen LogP contribution < -0.4 is 5.32 Å². The van der Waals surface area contributed by atoms with Crippen molar-refractivity contribution >= 4 is 53.3 Å². The van der Waals surface area contributed by atoms with Crippen molar-refractivity contribution in [3.05, 3.63) is 0 Å². The molecule has 24 heavy (non-hydrogen) atoms. The van der Waals surface area contributed by atoms with Crippen molar-refractivity contribution in [3.63, 3.8) is 0 Å². The average Bonchev–Trinajstić information content (AvgIpc) is 2.52. The van der Waals surface area contributed by atoms with Gasteiger partial charge in [0.1, 0.15) is 5.04 Å². The minimum Gasteiger partial charge on any atom is -0.317 e. The van der Waals surface area contributed by atoms with Gasteiger partial charge in [0.25, 0.3) is 6.64 Å². The molecule has 1 N–H and O–H groups in total. The molecule has 0 bridgehead atoms. The number of thioether (sulfide) groups is 1. The van der Waals surface area contributed by atoms with E-state index in [1.807, 2.05) is 24.2 Å². The summed E-state index contributed by atoms with van der Waals surface area (Å²) in [6, 6.07) is 0.108. The lowest BCUT2D eigenvalue weighted by Crippen LogP contribution is -2.35. The van der Waals surface area contributed by atoms with E-state index in [-0.39, 0.29) is 11.5 Å². The molecule has 1 rings (SSSR count). The summed E-state index contributed by atoms with van der Waals surface area (Å²) in [6.07, 6.45) is 1.25. The van der Waals surface area contributed by atoms with Crippen LogP contribution in [0.5, 0.6) is 0 Å². The Kier molecular flexibility index (Phi) is 9.03. The van der Waals surface area contributed by atoms with Crippen LogP contribution in [0, 0.1) is 5.41 Å². The largest absolute Gasteiger partial charge is 0.434 e. The lowest BCUT2D eigenvalue weighted by Gasteiger charge is -2.42. The molecule has 0 spiro atoms. The maximum Gasteiger partial charge on any atom is 0.434 e. The van der Waals surface area contributed by atoms with Crippen LogP contribution in [0.1, 0.15) is 34.6 Å². The topological polar surface area (TPSA) is 72.4 Å². The fourth-order valence-electron chi connectivity index (χ4n) is 1.54. The number of carbonyl (C=O) groups is 1. The Hall–Kier alpha value is 0.170. The fourth-order valence-corrected chi connectivity index (χ4v) is 6.49. The van der Waals surface area contributed by atoms with Gasteiger partial charge in [-0.15, -0.1) is 11.8 Å². The summed E-state index contributed by atoms with van der Waals surface area (Å²) in [5.74, 6) is 0.291. The first kappa shape index (κ1) is 22.2. The van der Waals surface area contributed by atoms with Crippen LogP contribution >= 0.6 is 30.4 Å². The fraction of sp³-hybridized carbons (Fsp3) is 0.846. The molecular weight excluding hydrogens is 389 g/mol. The van der Waals surface area contributed by atoms with E-state index >= 15 is 0 Å². The first-order chi connectivity index (χ1) is 11.1. The maximum absolute atomic E-state index is 11.6. The van der Waals surface area contributed by atoms with Gasteiger partial charge in [0.15, 0.2) is 0 Å². The van der Waals surface area contributed by atoms with Gasteiger partial charge in [-0.3, -0.25) is 4.84 Å². The van der Waals surface area contributed by atoms with Crippen molar-refractivity contribution in [2.45, 2.75) is 40.7 Å². The van der Waals surface area contributed by atoms with E-state index in [4.69, 9.17) is 25.7 Å². The molecule has 11 heteroatoms. The van der Waals surface area contributed by atoms with Gasteiger partial charge in [0.05, 0.1) is 19.1 Å². The maximum atomic E-state index is 11.6. The zero-order valence-electron chi connectivity index (χ0n) is 14.9. The molecule has 0 saturated carbocycles. The first-order valence-corrected chi connectivity index (χ1v) is 12.2. The first-order valence-electron chi connectivity index (χ1n) is 7.45. The molecule has 0 aromatic rings. The van der Waals surface area contributed by atoms with E-state index in [1.54, 1.807) is 6.92 Å². The van der Waals surface area contributed by atoms with E-state index < -0.39 is 12.7 Å². The zero-order chi connectivity index (χ0) is 18.4. The number of oxime groups is 1. The molecule has 1 fully saturated rings. The number of hydrogen-bond acceptors (Lipinski definition) is 8. The minimum absolute atomic E-state index is 0.0369. The normalized spacial score (nSPS) is 20.2. The number of rotatable bonds is 6. The molecule has 1 aliphatic heterocycles. The summed E-state index contributed by atoms with van der Waals surface area (Å²) in [5, 5.41) is 6.97. The van der Waals surface area contributed by atoms with Crippen molar-refractivity contribution in [2.75, 3.05) is 25.3 Å². The molecule has 140 valence electrons. The lowest BCUT2D eigenvalue weighted by molar-refractivity contribution is 0.0489. The van der Waals surface area contributed by atoms with Gasteiger partial charge in [-0.1, -0.05) is 19.0 Å². The predicted octanol–water partition coefficient (Wildman–Crippen LogP) is 4.02. The van der Waals surface area contributed by atoms with Crippen molar-refractivity contribution in [3.8, 4) is 0 Å². The monoisotopic (exact) mass is 415 g/mol. The zero-order valence-corrected chi connectivity index (χ0v) is 18.2. The summed E-state index contributed by atoms with van der Waals surface area (Å²) < 4.78 is 13.7. The molecule has 0 atom stereocenters. The molecule has 1 aliphatic rings. The standard InChI is InChI=1S/C13H26N3O4PS3/c1-10(2)16(21(22)18-7-13(4,5)8-19-21)24-9-14-12(17)20-15-11(3)23-6/h10H,7-9H2,1-6H3,(H,14,17)/b15-11+. The Balaban J connectivity index is 2.53. The summed E-state index contributed by atoms with van der Waals surface area (Å²) in [6.45, 7) is 8.51. The van der Waals surface area contributed by atoms with Crippen molar-refractivity contribution < 1.29 is 18.7 Å². The van der Waals surface area contributed by atoms with Crippen LogP contribution in [0.4, 0.5) is 4.79 Å². The molecule has 0 aliphatic carbocycles. The second kappa shape index (κ2) is 9.75. The van der Waals surface area contributed by atoms with Gasteiger partial charge >= 0.3 is 6.09 Å². The van der Waals surface area contributed by atoms with Crippen LogP contribution in [-0.4, -0.2) is 46.6 Å². The Morgan fingerprint density at radius 2 is 2.04 bits per heavy atom. The molecular formula is C13H26N3O4PS3. The highest BCUT2D eigenvalue weighted by molar-refractivity contribution is 8.15. The Morgan fingerprint density at radius 1 is 1.46 bits per heavy atom. The highest BCUT2D eigenvalue weighted by Crippen LogP contribution is 2.60. The Morgan fingerprint density at radius 3 is 2.54 bits per heavy atom. The van der Waals surface area contributed by atoms with Crippen LogP contribution in [0.3, 0.4) is 0 Å². The van der Waals surface area contributed by atoms with Gasteiger partial charge in [-0.05, 0) is 50.8 Å². The molecule has 1 amide bonds. The van der Waals surface area contributed by atoms with E-state index in [1.165, 1.54) is 23.7 Å². The molecule has 1 heterocycles. The summed E-state index contributed by atoms with van der Waals surface area (Å²) >= 11 is 8.41. The van der Waals surface area contributed by atoms with Gasteiger partial charge in [0, 0.05) is 11.5 Å². The van der Waals surface area contributed by atoms with Gasteiger partial charge in [0.2, 0.25) is 0 Å². The van der Waals surface area contributed by atoms with Crippen molar-refractivity contribution in [1.29, 1.82) is 0 Å². The quantitative estimate of drug-likeness (QED) is 0.133. The number of nitrogens with one attached hydrogen (secondary N) is 1. The van der Waals surface area contributed by atoms with E-state index in [2.05, 4.69) is 24.3 Å². The van der Waals surface area contributed by atoms with Crippen LogP contribution in [0.25, 0.3) is 0 Å². The van der Waals surface area contributed by atoms with Gasteiger partial charge < -0.3 is 14.4 Å². The second-order valence-electron chi connectivity index (χ2n) is 6.22. The second-order valence-corrected chi connectivity index (χ2v) is 11.7. The van der Waals surface area contributed by atoms with Gasteiger partial charge in [-0.2, -0.15) is 4.08 Å². The SMILES string of the molecule is CS/C(C)=N/OC(=O)NCSN(C(C)C)P1(=S)OCC(C)(C)CO1. The van der Waals surface area contributed by atoms with Crippen LogP contribution in [0.15, 0.2) is 5.16 Å². The number of hydrogen-bond donors (Lipinski definition) is 1. The van der Waals surface area contributed by atoms with Gasteiger partial charge in [-0.25, -0.2) is 4.79 Å². The molecule has 0 aromatic heterocycles. The lowest BCUT2D eigenvalue weighted by atomic mass is 9.97. The van der Waals surface area contributed by atoms with Crippen molar-refractivity contribution in [2.24, 2.45) is 10.6 Å². The molecule has 0 aromatic carbocycles. The number of nitrogens with zero attached hydrogens (tertiary/aromatic N) is 2. The number of carbonyl (C=O) groups excluding carboxylic acids is 1. The summed E-state index contributed by atoms with van der Waals surface area (Å²) in [5.41, 5.74) is -0.0369. The Bertz CT molecular complexity index is 503. The Labute approximate surface area is 158 Å². The molecule has 0 radical (unpaired) electrons. The van der Waals surface area contributed by atoms with E-state index in [9.17, 15) is 4.79 Å². The average molecular weight is 416 g/mol. The third-order valence-corrected chi connectivity index (χ3v) is 8.83. The van der Waals surface area contributed by atoms with Crippen molar-refractivity contribution in [1.82, 2.24) is 9.39 Å². The highest BCUT2D eigenvalue weighted by Gasteiger charge is 2.39. The third kappa shape index (κ3) is 7.19. The third-order valence-electron chi connectivity index (χ3n) is 2.89. The van der Waals surface area contributed by atoms with E-state index in [0.29, 0.717) is 24.1 Å². The minimum atomic E-state index is -2.55. The van der Waals surface area contributed by atoms with E-state index in [0.717, 1.165) is 0 Å². The number of amides is 1. The summed E-state index contributed by atoms with van der Waals surface area (Å²) in [4.78, 5) is 16.3. The molecule has 7 nitrogen and oxygen atoms in total. The smallest absolute Gasteiger partial charge is 0.317 e.